The van der Waals surface area contributed by atoms with Gasteiger partial charge < -0.3 is 0 Å². The maximum atomic E-state index is 13.7. The van der Waals surface area contributed by atoms with Crippen molar-refractivity contribution < 1.29 is 17.2 Å². The molecule has 20 heavy (non-hydrogen) atoms. The topological polar surface area (TPSA) is 46.2 Å². The lowest BCUT2D eigenvalue weighted by Crippen LogP contribution is -2.32. The summed E-state index contributed by atoms with van der Waals surface area (Å²) in [6.45, 7) is 0.260. The Morgan fingerprint density at radius 1 is 1.35 bits per heavy atom. The van der Waals surface area contributed by atoms with Crippen LogP contribution in [0, 0.1) is 11.6 Å². The molecule has 3 nitrogen and oxygen atoms in total. The third kappa shape index (κ3) is 3.93. The lowest BCUT2D eigenvalue weighted by Gasteiger charge is -2.21. The summed E-state index contributed by atoms with van der Waals surface area (Å²) in [5, 5.41) is 0.209. The molecular formula is C12H14BrF2NO2S2. The van der Waals surface area contributed by atoms with Crippen LogP contribution in [0.2, 0.25) is 0 Å². The molecule has 1 unspecified atom stereocenters. The predicted octanol–water partition coefficient (Wildman–Crippen LogP) is 3.29. The van der Waals surface area contributed by atoms with E-state index in [1.165, 1.54) is 0 Å². The van der Waals surface area contributed by atoms with E-state index in [4.69, 9.17) is 0 Å². The van der Waals surface area contributed by atoms with Gasteiger partial charge in [-0.1, -0.05) is 6.42 Å². The molecule has 0 radical (unpaired) electrons. The Morgan fingerprint density at radius 3 is 2.70 bits per heavy atom. The SMILES string of the molecule is O=S(=O)(NCC1CCCCS1)c1c(F)cc(F)cc1Br. The van der Waals surface area contributed by atoms with Crippen molar-refractivity contribution in [1.29, 1.82) is 0 Å². The highest BCUT2D eigenvalue weighted by atomic mass is 79.9. The molecule has 1 aromatic rings. The Kier molecular flexibility index (Phi) is 5.44. The zero-order chi connectivity index (χ0) is 14.8. The molecule has 1 aliphatic heterocycles. The predicted molar refractivity (Wildman–Crippen MR) is 79.3 cm³/mol. The average molecular weight is 386 g/mol. The van der Waals surface area contributed by atoms with Crippen molar-refractivity contribution >= 4 is 37.7 Å². The minimum Gasteiger partial charge on any atom is -0.210 e. The molecule has 112 valence electrons. The summed E-state index contributed by atoms with van der Waals surface area (Å²) in [5.74, 6) is -0.905. The van der Waals surface area contributed by atoms with Crippen LogP contribution in [0.5, 0.6) is 0 Å². The number of hydrogen-bond donors (Lipinski definition) is 1. The van der Waals surface area contributed by atoms with Crippen molar-refractivity contribution in [3.63, 3.8) is 0 Å². The van der Waals surface area contributed by atoms with Crippen LogP contribution in [0.3, 0.4) is 0 Å². The van der Waals surface area contributed by atoms with Gasteiger partial charge in [0.1, 0.15) is 16.5 Å². The summed E-state index contributed by atoms with van der Waals surface area (Å²) in [4.78, 5) is -0.542. The van der Waals surface area contributed by atoms with Gasteiger partial charge in [-0.2, -0.15) is 11.8 Å². The van der Waals surface area contributed by atoms with Crippen LogP contribution in [0.4, 0.5) is 8.78 Å². The molecule has 1 saturated heterocycles. The molecule has 0 saturated carbocycles. The van der Waals surface area contributed by atoms with Gasteiger partial charge >= 0.3 is 0 Å². The maximum Gasteiger partial charge on any atom is 0.244 e. The van der Waals surface area contributed by atoms with E-state index in [1.54, 1.807) is 11.8 Å². The number of nitrogens with one attached hydrogen (secondary N) is 1. The van der Waals surface area contributed by atoms with Gasteiger partial charge in [-0.3, -0.25) is 0 Å². The van der Waals surface area contributed by atoms with Gasteiger partial charge in [0.15, 0.2) is 0 Å². The third-order valence-corrected chi connectivity index (χ3v) is 6.79. The van der Waals surface area contributed by atoms with Crippen molar-refractivity contribution in [3.8, 4) is 0 Å². The zero-order valence-electron chi connectivity index (χ0n) is 10.5. The van der Waals surface area contributed by atoms with Gasteiger partial charge in [-0.25, -0.2) is 21.9 Å². The Labute approximate surface area is 129 Å². The molecule has 0 bridgehead atoms. The van der Waals surface area contributed by atoms with Gasteiger partial charge in [-0.05, 0) is 40.6 Å². The van der Waals surface area contributed by atoms with E-state index in [-0.39, 0.29) is 16.3 Å². The lowest BCUT2D eigenvalue weighted by molar-refractivity contribution is 0.538. The molecule has 0 aliphatic carbocycles. The Balaban J connectivity index is 2.14. The van der Waals surface area contributed by atoms with Crippen LogP contribution in [0.15, 0.2) is 21.5 Å². The zero-order valence-corrected chi connectivity index (χ0v) is 13.8. The Bertz CT molecular complexity index is 566. The van der Waals surface area contributed by atoms with Gasteiger partial charge in [0.05, 0.1) is 0 Å². The summed E-state index contributed by atoms with van der Waals surface area (Å²) in [7, 11) is -3.99. The monoisotopic (exact) mass is 385 g/mol. The lowest BCUT2D eigenvalue weighted by atomic mass is 10.2. The molecule has 2 rings (SSSR count). The molecule has 0 amide bonds. The first-order valence-corrected chi connectivity index (χ1v) is 9.48. The van der Waals surface area contributed by atoms with E-state index >= 15 is 0 Å². The smallest absolute Gasteiger partial charge is 0.210 e. The highest BCUT2D eigenvalue weighted by Crippen LogP contribution is 2.28. The molecule has 0 aromatic heterocycles. The van der Waals surface area contributed by atoms with E-state index in [1.807, 2.05) is 0 Å². The first-order valence-electron chi connectivity index (χ1n) is 6.16. The number of halogens is 3. The van der Waals surface area contributed by atoms with Crippen LogP contribution in [-0.4, -0.2) is 26.0 Å². The van der Waals surface area contributed by atoms with E-state index in [2.05, 4.69) is 20.7 Å². The fourth-order valence-electron chi connectivity index (χ4n) is 2.03. The second-order valence-electron chi connectivity index (χ2n) is 4.54. The van der Waals surface area contributed by atoms with Gasteiger partial charge in [-0.15, -0.1) is 0 Å². The number of benzene rings is 1. The first-order chi connectivity index (χ1) is 9.40. The van der Waals surface area contributed by atoms with Crippen molar-refractivity contribution in [1.82, 2.24) is 4.72 Å². The minimum atomic E-state index is -3.99. The highest BCUT2D eigenvalue weighted by molar-refractivity contribution is 9.10. The molecule has 0 spiro atoms. The van der Waals surface area contributed by atoms with E-state index in [9.17, 15) is 17.2 Å². The van der Waals surface area contributed by atoms with Crippen LogP contribution in [0.25, 0.3) is 0 Å². The van der Waals surface area contributed by atoms with Crippen LogP contribution in [0.1, 0.15) is 19.3 Å². The summed E-state index contributed by atoms with van der Waals surface area (Å²) < 4.78 is 53.2. The van der Waals surface area contributed by atoms with Crippen molar-refractivity contribution in [2.45, 2.75) is 29.4 Å². The molecule has 1 atom stereocenters. The van der Waals surface area contributed by atoms with E-state index in [0.29, 0.717) is 6.07 Å². The fraction of sp³-hybridized carbons (Fsp3) is 0.500. The first kappa shape index (κ1) is 16.2. The number of hydrogen-bond acceptors (Lipinski definition) is 3. The molecule has 1 N–H and O–H groups in total. The average Bonchev–Trinajstić information content (AvgIpc) is 2.36. The summed E-state index contributed by atoms with van der Waals surface area (Å²) in [5.41, 5.74) is 0. The van der Waals surface area contributed by atoms with Crippen LogP contribution >= 0.6 is 27.7 Å². The molecule has 1 fully saturated rings. The normalized spacial score (nSPS) is 20.1. The molecule has 1 heterocycles. The molecule has 8 heteroatoms. The summed E-state index contributed by atoms with van der Waals surface area (Å²) in [6, 6.07) is 1.50. The minimum absolute atomic E-state index is 0.112. The fourth-order valence-corrected chi connectivity index (χ4v) is 5.62. The summed E-state index contributed by atoms with van der Waals surface area (Å²) in [6.07, 6.45) is 3.17. The molecular weight excluding hydrogens is 372 g/mol. The number of thioether (sulfide) groups is 1. The second kappa shape index (κ2) is 6.72. The largest absolute Gasteiger partial charge is 0.244 e. The standard InChI is InChI=1S/C12H14BrF2NO2S2/c13-10-5-8(14)6-11(15)12(10)20(17,18)16-7-9-3-1-2-4-19-9/h5-6,9,16H,1-4,7H2. The van der Waals surface area contributed by atoms with Crippen molar-refractivity contribution in [2.24, 2.45) is 0 Å². The highest BCUT2D eigenvalue weighted by Gasteiger charge is 2.25. The van der Waals surface area contributed by atoms with Crippen LogP contribution < -0.4 is 4.72 Å². The maximum absolute atomic E-state index is 13.7. The summed E-state index contributed by atoms with van der Waals surface area (Å²) >= 11 is 4.61. The van der Waals surface area contributed by atoms with Gasteiger partial charge in [0.25, 0.3) is 0 Å². The number of rotatable bonds is 4. The van der Waals surface area contributed by atoms with Gasteiger partial charge in [0.2, 0.25) is 10.0 Å². The van der Waals surface area contributed by atoms with Crippen molar-refractivity contribution in [3.05, 3.63) is 28.2 Å². The second-order valence-corrected chi connectivity index (χ2v) is 8.51. The Hall–Kier alpha value is -0.180. The quantitative estimate of drug-likeness (QED) is 0.864. The number of sulfonamides is 1. The Morgan fingerprint density at radius 2 is 2.10 bits per heavy atom. The third-order valence-electron chi connectivity index (χ3n) is 3.01. The molecule has 1 aromatic carbocycles. The van der Waals surface area contributed by atoms with E-state index in [0.717, 1.165) is 31.1 Å². The van der Waals surface area contributed by atoms with Crippen LogP contribution in [-0.2, 0) is 10.0 Å². The van der Waals surface area contributed by atoms with Crippen molar-refractivity contribution in [2.75, 3.05) is 12.3 Å². The van der Waals surface area contributed by atoms with Gasteiger partial charge in [0, 0.05) is 22.3 Å². The molecule has 1 aliphatic rings. The van der Waals surface area contributed by atoms with E-state index < -0.39 is 26.6 Å².